The van der Waals surface area contributed by atoms with E-state index in [0.717, 1.165) is 12.3 Å². The van der Waals surface area contributed by atoms with Crippen LogP contribution in [0.4, 0.5) is 0 Å². The molecule has 1 aromatic heterocycles. The highest BCUT2D eigenvalue weighted by Crippen LogP contribution is 2.19. The average molecular weight is 251 g/mol. The maximum Gasteiger partial charge on any atom is 0.241 e. The van der Waals surface area contributed by atoms with Crippen LogP contribution in [0.1, 0.15) is 12.7 Å². The van der Waals surface area contributed by atoms with Crippen LogP contribution in [-0.4, -0.2) is 55.0 Å². The lowest BCUT2D eigenvalue weighted by Crippen LogP contribution is -2.61. The van der Waals surface area contributed by atoms with Crippen LogP contribution in [0.3, 0.4) is 0 Å². The maximum atomic E-state index is 12.2. The monoisotopic (exact) mass is 251 g/mol. The minimum atomic E-state index is -0.117. The minimum Gasteiger partial charge on any atom is -0.468 e. The van der Waals surface area contributed by atoms with Crippen LogP contribution in [0.15, 0.2) is 22.8 Å². The van der Waals surface area contributed by atoms with E-state index in [2.05, 4.69) is 17.1 Å². The summed E-state index contributed by atoms with van der Waals surface area (Å²) < 4.78 is 5.39. The molecule has 0 aromatic carbocycles. The number of amides is 1. The lowest BCUT2D eigenvalue weighted by molar-refractivity contribution is -0.143. The second kappa shape index (κ2) is 5.54. The summed E-state index contributed by atoms with van der Waals surface area (Å²) in [5.74, 6) is 1.08. The van der Waals surface area contributed by atoms with Gasteiger partial charge in [0.25, 0.3) is 0 Å². The Morgan fingerprint density at radius 2 is 2.33 bits per heavy atom. The fourth-order valence-corrected chi connectivity index (χ4v) is 2.54. The van der Waals surface area contributed by atoms with E-state index < -0.39 is 0 Å². The summed E-state index contributed by atoms with van der Waals surface area (Å²) in [6.07, 6.45) is 1.67. The lowest BCUT2D eigenvalue weighted by Gasteiger charge is -2.43. The van der Waals surface area contributed by atoms with Crippen LogP contribution in [0.5, 0.6) is 0 Å². The Bertz CT molecular complexity index is 391. The van der Waals surface area contributed by atoms with E-state index in [4.69, 9.17) is 4.42 Å². The molecule has 100 valence electrons. The van der Waals surface area contributed by atoms with Crippen LogP contribution in [0.25, 0.3) is 0 Å². The number of furan rings is 1. The minimum absolute atomic E-state index is 0.117. The van der Waals surface area contributed by atoms with Crippen molar-refractivity contribution in [2.24, 2.45) is 0 Å². The van der Waals surface area contributed by atoms with Gasteiger partial charge < -0.3 is 14.6 Å². The van der Waals surface area contributed by atoms with Gasteiger partial charge in [-0.3, -0.25) is 9.69 Å². The van der Waals surface area contributed by atoms with Crippen molar-refractivity contribution < 1.29 is 9.21 Å². The second-order valence-corrected chi connectivity index (χ2v) is 4.89. The highest BCUT2D eigenvalue weighted by molar-refractivity contribution is 5.82. The molecule has 0 aliphatic carbocycles. The van der Waals surface area contributed by atoms with Gasteiger partial charge in [-0.2, -0.15) is 0 Å². The standard InChI is InChI=1S/C13H21N3O2/c1-10-8-15(3)13(17)12(7-14-2)16(10)9-11-5-4-6-18-11/h4-6,10,12,14H,7-9H2,1-3H3. The number of carbonyl (C=O) groups is 1. The Morgan fingerprint density at radius 3 is 2.94 bits per heavy atom. The number of carbonyl (C=O) groups excluding carboxylic acids is 1. The SMILES string of the molecule is CNCC1C(=O)N(C)CC(C)N1Cc1ccco1. The summed E-state index contributed by atoms with van der Waals surface area (Å²) >= 11 is 0. The molecule has 1 N–H and O–H groups in total. The molecule has 5 heteroatoms. The summed E-state index contributed by atoms with van der Waals surface area (Å²) in [6.45, 7) is 4.25. The number of nitrogens with one attached hydrogen (secondary N) is 1. The first-order valence-corrected chi connectivity index (χ1v) is 6.31. The molecule has 2 atom stereocenters. The topological polar surface area (TPSA) is 48.7 Å². The predicted molar refractivity (Wildman–Crippen MR) is 69.1 cm³/mol. The average Bonchev–Trinajstić information content (AvgIpc) is 2.83. The van der Waals surface area contributed by atoms with Gasteiger partial charge in [-0.05, 0) is 26.1 Å². The molecule has 1 saturated heterocycles. The van der Waals surface area contributed by atoms with Gasteiger partial charge in [-0.1, -0.05) is 0 Å². The normalized spacial score (nSPS) is 25.7. The molecular weight excluding hydrogens is 230 g/mol. The van der Waals surface area contributed by atoms with E-state index in [-0.39, 0.29) is 11.9 Å². The molecular formula is C13H21N3O2. The van der Waals surface area contributed by atoms with Crippen molar-refractivity contribution in [2.45, 2.75) is 25.6 Å². The second-order valence-electron chi connectivity index (χ2n) is 4.89. The largest absolute Gasteiger partial charge is 0.468 e. The molecule has 2 rings (SSSR count). The van der Waals surface area contributed by atoms with E-state index >= 15 is 0 Å². The molecule has 0 bridgehead atoms. The molecule has 1 amide bonds. The van der Waals surface area contributed by atoms with Crippen LogP contribution in [0.2, 0.25) is 0 Å². The molecule has 1 aromatic rings. The Hall–Kier alpha value is -1.33. The van der Waals surface area contributed by atoms with Crippen molar-refractivity contribution in [2.75, 3.05) is 27.2 Å². The molecule has 2 heterocycles. The smallest absolute Gasteiger partial charge is 0.241 e. The molecule has 1 aliphatic rings. The first-order chi connectivity index (χ1) is 8.63. The van der Waals surface area contributed by atoms with Crippen molar-refractivity contribution in [1.82, 2.24) is 15.1 Å². The zero-order chi connectivity index (χ0) is 13.1. The van der Waals surface area contributed by atoms with Crippen LogP contribution >= 0.6 is 0 Å². The van der Waals surface area contributed by atoms with Crippen LogP contribution < -0.4 is 5.32 Å². The van der Waals surface area contributed by atoms with E-state index in [9.17, 15) is 4.79 Å². The van der Waals surface area contributed by atoms with Crippen molar-refractivity contribution in [3.05, 3.63) is 24.2 Å². The molecule has 18 heavy (non-hydrogen) atoms. The van der Waals surface area contributed by atoms with Crippen LogP contribution in [0, 0.1) is 0 Å². The number of hydrogen-bond acceptors (Lipinski definition) is 4. The lowest BCUT2D eigenvalue weighted by atomic mass is 10.1. The van der Waals surface area contributed by atoms with Gasteiger partial charge in [0, 0.05) is 26.2 Å². The Morgan fingerprint density at radius 1 is 1.56 bits per heavy atom. The van der Waals surface area contributed by atoms with Crippen molar-refractivity contribution in [3.63, 3.8) is 0 Å². The van der Waals surface area contributed by atoms with Crippen molar-refractivity contribution in [3.8, 4) is 0 Å². The third-order valence-corrected chi connectivity index (χ3v) is 3.48. The first kappa shape index (κ1) is 13.1. The highest BCUT2D eigenvalue weighted by Gasteiger charge is 2.36. The number of piperazine rings is 1. The van der Waals surface area contributed by atoms with Gasteiger partial charge in [0.15, 0.2) is 0 Å². The van der Waals surface area contributed by atoms with E-state index in [1.807, 2.05) is 31.1 Å². The zero-order valence-corrected chi connectivity index (χ0v) is 11.2. The Kier molecular flexibility index (Phi) is 4.04. The maximum absolute atomic E-state index is 12.2. The number of rotatable bonds is 4. The third-order valence-electron chi connectivity index (χ3n) is 3.48. The van der Waals surface area contributed by atoms with E-state index in [1.165, 1.54) is 0 Å². The first-order valence-electron chi connectivity index (χ1n) is 6.31. The molecule has 5 nitrogen and oxygen atoms in total. The number of nitrogens with zero attached hydrogens (tertiary/aromatic N) is 2. The fraction of sp³-hybridized carbons (Fsp3) is 0.615. The van der Waals surface area contributed by atoms with Gasteiger partial charge in [0.05, 0.1) is 12.8 Å². The quantitative estimate of drug-likeness (QED) is 0.848. The Balaban J connectivity index is 2.15. The third kappa shape index (κ3) is 2.57. The van der Waals surface area contributed by atoms with Gasteiger partial charge >= 0.3 is 0 Å². The van der Waals surface area contributed by atoms with Gasteiger partial charge in [-0.25, -0.2) is 0 Å². The molecule has 1 aliphatic heterocycles. The summed E-state index contributed by atoms with van der Waals surface area (Å²) in [5.41, 5.74) is 0. The summed E-state index contributed by atoms with van der Waals surface area (Å²) in [5, 5.41) is 3.10. The van der Waals surface area contributed by atoms with Gasteiger partial charge in [-0.15, -0.1) is 0 Å². The highest BCUT2D eigenvalue weighted by atomic mass is 16.3. The predicted octanol–water partition coefficient (Wildman–Crippen LogP) is 0.530. The van der Waals surface area contributed by atoms with Crippen molar-refractivity contribution in [1.29, 1.82) is 0 Å². The molecule has 1 fully saturated rings. The van der Waals surface area contributed by atoms with Crippen LogP contribution in [-0.2, 0) is 11.3 Å². The van der Waals surface area contributed by atoms with Gasteiger partial charge in [0.1, 0.15) is 11.8 Å². The molecule has 2 unspecified atom stereocenters. The molecule has 0 radical (unpaired) electrons. The van der Waals surface area contributed by atoms with Gasteiger partial charge in [0.2, 0.25) is 5.91 Å². The summed E-state index contributed by atoms with van der Waals surface area (Å²) in [7, 11) is 3.74. The zero-order valence-electron chi connectivity index (χ0n) is 11.2. The Labute approximate surface area is 108 Å². The number of hydrogen-bond donors (Lipinski definition) is 1. The number of likely N-dealkylation sites (N-methyl/N-ethyl adjacent to an activating group) is 2. The fourth-order valence-electron chi connectivity index (χ4n) is 2.54. The summed E-state index contributed by atoms with van der Waals surface area (Å²) in [4.78, 5) is 16.2. The molecule has 0 saturated carbocycles. The summed E-state index contributed by atoms with van der Waals surface area (Å²) in [6, 6.07) is 4.04. The van der Waals surface area contributed by atoms with E-state index in [0.29, 0.717) is 19.1 Å². The van der Waals surface area contributed by atoms with Crippen molar-refractivity contribution >= 4 is 5.91 Å². The van der Waals surface area contributed by atoms with E-state index in [1.54, 1.807) is 6.26 Å². The molecule has 0 spiro atoms.